The number of fused-ring (bicyclic) bond motifs is 1. The largest absolute Gasteiger partial charge is 0.353 e. The maximum atomic E-state index is 12.7. The fourth-order valence-corrected chi connectivity index (χ4v) is 3.99. The quantitative estimate of drug-likeness (QED) is 0.917. The molecule has 1 fully saturated rings. The maximum Gasteiger partial charge on any atom is 0.241 e. The van der Waals surface area contributed by atoms with Gasteiger partial charge in [-0.25, -0.2) is 0 Å². The van der Waals surface area contributed by atoms with Crippen LogP contribution in [0.3, 0.4) is 0 Å². The van der Waals surface area contributed by atoms with E-state index >= 15 is 0 Å². The summed E-state index contributed by atoms with van der Waals surface area (Å²) < 4.78 is 0. The van der Waals surface area contributed by atoms with Crippen LogP contribution in [-0.2, 0) is 16.0 Å². The van der Waals surface area contributed by atoms with Gasteiger partial charge in [0.05, 0.1) is 6.54 Å². The van der Waals surface area contributed by atoms with Gasteiger partial charge in [-0.05, 0) is 30.4 Å². The summed E-state index contributed by atoms with van der Waals surface area (Å²) in [6.07, 6.45) is 2.88. The summed E-state index contributed by atoms with van der Waals surface area (Å²) in [4.78, 5) is 28.3. The minimum Gasteiger partial charge on any atom is -0.353 e. The molecule has 1 saturated heterocycles. The van der Waals surface area contributed by atoms with E-state index in [9.17, 15) is 9.59 Å². The van der Waals surface area contributed by atoms with Gasteiger partial charge in [-0.15, -0.1) is 0 Å². The van der Waals surface area contributed by atoms with Gasteiger partial charge in [-0.2, -0.15) is 0 Å². The minimum absolute atomic E-state index is 0.0386. The number of nitrogens with zero attached hydrogens (tertiary/aromatic N) is 2. The third-order valence-corrected chi connectivity index (χ3v) is 5.28. The average molecular weight is 329 g/mol. The number of likely N-dealkylation sites (tertiary alicyclic amines) is 1. The van der Waals surface area contributed by atoms with E-state index in [2.05, 4.69) is 23.2 Å². The van der Waals surface area contributed by atoms with E-state index in [0.29, 0.717) is 12.5 Å². The van der Waals surface area contributed by atoms with Crippen molar-refractivity contribution in [3.8, 4) is 0 Å². The van der Waals surface area contributed by atoms with Crippen molar-refractivity contribution < 1.29 is 9.59 Å². The third-order valence-electron chi connectivity index (χ3n) is 5.28. The van der Waals surface area contributed by atoms with Crippen LogP contribution in [-0.4, -0.2) is 48.9 Å². The Labute approximate surface area is 144 Å². The molecule has 2 heterocycles. The van der Waals surface area contributed by atoms with Crippen molar-refractivity contribution >= 4 is 17.5 Å². The van der Waals surface area contributed by atoms with Crippen LogP contribution in [0.25, 0.3) is 0 Å². The van der Waals surface area contributed by atoms with E-state index < -0.39 is 0 Å². The smallest absolute Gasteiger partial charge is 0.241 e. The Kier molecular flexibility index (Phi) is 5.19. The topological polar surface area (TPSA) is 52.7 Å². The van der Waals surface area contributed by atoms with Gasteiger partial charge in [0, 0.05) is 38.3 Å². The van der Waals surface area contributed by atoms with Gasteiger partial charge in [0.2, 0.25) is 11.8 Å². The molecule has 0 bridgehead atoms. The van der Waals surface area contributed by atoms with Crippen LogP contribution in [0, 0.1) is 5.92 Å². The Hall–Kier alpha value is -1.88. The molecule has 2 aliphatic heterocycles. The van der Waals surface area contributed by atoms with Crippen molar-refractivity contribution in [2.24, 2.45) is 5.92 Å². The zero-order valence-corrected chi connectivity index (χ0v) is 14.6. The summed E-state index contributed by atoms with van der Waals surface area (Å²) in [5.74, 6) is 0.644. The lowest BCUT2D eigenvalue weighted by molar-refractivity contribution is -0.122. The van der Waals surface area contributed by atoms with Crippen LogP contribution in [0.15, 0.2) is 24.3 Å². The number of amides is 2. The van der Waals surface area contributed by atoms with Gasteiger partial charge in [-0.3, -0.25) is 14.5 Å². The molecule has 3 rings (SSSR count). The fraction of sp³-hybridized carbons (Fsp3) is 0.579. The van der Waals surface area contributed by atoms with Crippen LogP contribution >= 0.6 is 0 Å². The third kappa shape index (κ3) is 3.61. The summed E-state index contributed by atoms with van der Waals surface area (Å²) in [7, 11) is 0. The Balaban J connectivity index is 1.59. The summed E-state index contributed by atoms with van der Waals surface area (Å²) in [5.41, 5.74) is 2.34. The first kappa shape index (κ1) is 17.0. The predicted octanol–water partition coefficient (Wildman–Crippen LogP) is 1.81. The van der Waals surface area contributed by atoms with E-state index in [1.807, 2.05) is 23.1 Å². The zero-order valence-electron chi connectivity index (χ0n) is 14.6. The number of anilines is 1. The number of para-hydroxylation sites is 1. The normalized spacial score (nSPS) is 23.8. The fourth-order valence-electron chi connectivity index (χ4n) is 3.99. The molecule has 1 aromatic carbocycles. The highest BCUT2D eigenvalue weighted by molar-refractivity contribution is 5.96. The van der Waals surface area contributed by atoms with E-state index in [1.54, 1.807) is 6.92 Å². The number of piperidine rings is 1. The van der Waals surface area contributed by atoms with Crippen LogP contribution in [0.2, 0.25) is 0 Å². The summed E-state index contributed by atoms with van der Waals surface area (Å²) in [6, 6.07) is 8.42. The molecule has 0 saturated carbocycles. The van der Waals surface area contributed by atoms with Crippen LogP contribution < -0.4 is 10.2 Å². The highest BCUT2D eigenvalue weighted by atomic mass is 16.2. The average Bonchev–Trinajstić information content (AvgIpc) is 3.00. The molecule has 1 aromatic rings. The molecular weight excluding hydrogens is 302 g/mol. The molecule has 0 aromatic heterocycles. The molecule has 2 atom stereocenters. The minimum atomic E-state index is 0.0386. The number of carbonyl (C=O) groups is 2. The summed E-state index contributed by atoms with van der Waals surface area (Å²) in [5, 5.41) is 3.06. The summed E-state index contributed by atoms with van der Waals surface area (Å²) >= 11 is 0. The van der Waals surface area contributed by atoms with Crippen molar-refractivity contribution in [1.29, 1.82) is 0 Å². The van der Waals surface area contributed by atoms with E-state index in [-0.39, 0.29) is 17.9 Å². The molecule has 2 aliphatic rings. The first-order valence-electron chi connectivity index (χ1n) is 8.96. The highest BCUT2D eigenvalue weighted by Crippen LogP contribution is 2.28. The lowest BCUT2D eigenvalue weighted by atomic mass is 9.90. The van der Waals surface area contributed by atoms with E-state index in [1.165, 1.54) is 5.56 Å². The van der Waals surface area contributed by atoms with Crippen molar-refractivity contribution in [3.63, 3.8) is 0 Å². The van der Waals surface area contributed by atoms with Crippen molar-refractivity contribution in [3.05, 3.63) is 29.8 Å². The number of hydrogen-bond acceptors (Lipinski definition) is 3. The number of rotatable bonds is 4. The zero-order chi connectivity index (χ0) is 17.1. The number of hydrogen-bond donors (Lipinski definition) is 1. The Bertz CT molecular complexity index is 616. The maximum absolute atomic E-state index is 12.7. The van der Waals surface area contributed by atoms with Gasteiger partial charge in [0.25, 0.3) is 0 Å². The second kappa shape index (κ2) is 7.34. The molecule has 0 spiro atoms. The standard InChI is InChI=1S/C19H27N3O2/c1-3-15-12-21(10-9-17(15)20-14(2)23)13-19(24)22-11-8-16-6-4-5-7-18(16)22/h4-7,15,17H,3,8-13H2,1-2H3,(H,20,23)/t15-,17+/m1/s1. The molecule has 1 N–H and O–H groups in total. The first-order chi connectivity index (χ1) is 11.6. The second-order valence-electron chi connectivity index (χ2n) is 6.92. The Morgan fingerprint density at radius 2 is 2.04 bits per heavy atom. The molecule has 5 nitrogen and oxygen atoms in total. The van der Waals surface area contributed by atoms with E-state index in [4.69, 9.17) is 0 Å². The van der Waals surface area contributed by atoms with Crippen molar-refractivity contribution in [2.45, 2.75) is 39.2 Å². The van der Waals surface area contributed by atoms with Crippen LogP contribution in [0.5, 0.6) is 0 Å². The molecule has 0 unspecified atom stereocenters. The van der Waals surface area contributed by atoms with Gasteiger partial charge in [0.1, 0.15) is 0 Å². The Morgan fingerprint density at radius 3 is 2.79 bits per heavy atom. The molecule has 5 heteroatoms. The Morgan fingerprint density at radius 1 is 1.25 bits per heavy atom. The predicted molar refractivity (Wildman–Crippen MR) is 94.9 cm³/mol. The number of benzene rings is 1. The molecule has 130 valence electrons. The molecule has 0 radical (unpaired) electrons. The lowest BCUT2D eigenvalue weighted by Gasteiger charge is -2.38. The summed E-state index contributed by atoms with van der Waals surface area (Å²) in [6.45, 7) is 6.73. The van der Waals surface area contributed by atoms with Gasteiger partial charge in [0.15, 0.2) is 0 Å². The van der Waals surface area contributed by atoms with Crippen molar-refractivity contribution in [1.82, 2.24) is 10.2 Å². The monoisotopic (exact) mass is 329 g/mol. The van der Waals surface area contributed by atoms with Gasteiger partial charge < -0.3 is 10.2 Å². The molecule has 2 amide bonds. The first-order valence-corrected chi connectivity index (χ1v) is 8.96. The molecule has 0 aliphatic carbocycles. The second-order valence-corrected chi connectivity index (χ2v) is 6.92. The van der Waals surface area contributed by atoms with Crippen LogP contribution in [0.1, 0.15) is 32.3 Å². The highest BCUT2D eigenvalue weighted by Gasteiger charge is 2.31. The molecular formula is C19H27N3O2. The number of nitrogens with one attached hydrogen (secondary N) is 1. The van der Waals surface area contributed by atoms with Gasteiger partial charge >= 0.3 is 0 Å². The van der Waals surface area contributed by atoms with Crippen molar-refractivity contribution in [2.75, 3.05) is 31.1 Å². The van der Waals surface area contributed by atoms with Crippen LogP contribution in [0.4, 0.5) is 5.69 Å². The number of carbonyl (C=O) groups excluding carboxylic acids is 2. The van der Waals surface area contributed by atoms with E-state index in [0.717, 1.165) is 44.6 Å². The molecule has 24 heavy (non-hydrogen) atoms. The SMILES string of the molecule is CC[C@@H]1CN(CC(=O)N2CCc3ccccc32)CC[C@@H]1NC(C)=O. The lowest BCUT2D eigenvalue weighted by Crippen LogP contribution is -2.52. The van der Waals surface area contributed by atoms with Gasteiger partial charge in [-0.1, -0.05) is 31.5 Å².